The Morgan fingerprint density at radius 2 is 1.61 bits per heavy atom. The molecule has 1 aromatic rings. The average molecular weight is 248 g/mol. The van der Waals surface area contributed by atoms with Crippen molar-refractivity contribution in [1.29, 1.82) is 0 Å². The van der Waals surface area contributed by atoms with Gasteiger partial charge in [0.25, 0.3) is 0 Å². The molecule has 2 heteroatoms. The summed E-state index contributed by atoms with van der Waals surface area (Å²) in [5.74, 6) is 0. The van der Waals surface area contributed by atoms with Gasteiger partial charge in [0.2, 0.25) is 0 Å². The van der Waals surface area contributed by atoms with Gasteiger partial charge in [-0.2, -0.15) is 0 Å². The van der Waals surface area contributed by atoms with Gasteiger partial charge in [0, 0.05) is 24.8 Å². The number of nitrogens with zero attached hydrogens (tertiary/aromatic N) is 1. The van der Waals surface area contributed by atoms with Gasteiger partial charge in [-0.3, -0.25) is 0 Å². The summed E-state index contributed by atoms with van der Waals surface area (Å²) in [7, 11) is 0. The van der Waals surface area contributed by atoms with Crippen LogP contribution in [-0.4, -0.2) is 13.1 Å². The first-order chi connectivity index (χ1) is 8.72. The number of hydrogen-bond acceptors (Lipinski definition) is 2. The van der Waals surface area contributed by atoms with Gasteiger partial charge in [0.05, 0.1) is 0 Å². The first-order valence-electron chi connectivity index (χ1n) is 7.33. The highest BCUT2D eigenvalue weighted by atomic mass is 15.1. The van der Waals surface area contributed by atoms with E-state index in [-0.39, 0.29) is 6.04 Å². The number of benzene rings is 1. The van der Waals surface area contributed by atoms with E-state index < -0.39 is 0 Å². The van der Waals surface area contributed by atoms with Gasteiger partial charge in [-0.05, 0) is 38.0 Å². The molecule has 0 aliphatic rings. The molecule has 1 atom stereocenters. The van der Waals surface area contributed by atoms with Crippen LogP contribution in [0.15, 0.2) is 24.3 Å². The summed E-state index contributed by atoms with van der Waals surface area (Å²) in [4.78, 5) is 2.35. The number of anilines is 1. The predicted molar refractivity (Wildman–Crippen MR) is 81.1 cm³/mol. The summed E-state index contributed by atoms with van der Waals surface area (Å²) in [5, 5.41) is 0. The van der Waals surface area contributed by atoms with E-state index in [2.05, 4.69) is 49.9 Å². The van der Waals surface area contributed by atoms with Crippen LogP contribution in [-0.2, 0) is 0 Å². The lowest BCUT2D eigenvalue weighted by Crippen LogP contribution is -2.21. The van der Waals surface area contributed by atoms with E-state index in [0.717, 1.165) is 19.5 Å². The zero-order valence-electron chi connectivity index (χ0n) is 12.2. The molecule has 0 amide bonds. The molecule has 0 aromatic heterocycles. The molecule has 0 bridgehead atoms. The third-order valence-electron chi connectivity index (χ3n) is 3.57. The van der Waals surface area contributed by atoms with Crippen molar-refractivity contribution in [3.63, 3.8) is 0 Å². The van der Waals surface area contributed by atoms with Crippen molar-refractivity contribution < 1.29 is 0 Å². The lowest BCUT2D eigenvalue weighted by atomic mass is 10.0. The highest BCUT2D eigenvalue weighted by Crippen LogP contribution is 2.21. The van der Waals surface area contributed by atoms with Crippen LogP contribution in [0.5, 0.6) is 0 Å². The van der Waals surface area contributed by atoms with Crippen molar-refractivity contribution in [2.24, 2.45) is 5.73 Å². The standard InChI is InChI=1S/C16H28N2/c1-4-7-8-9-16(17)14-10-12-15(13-11-14)18(5-2)6-3/h10-13,16H,4-9,17H2,1-3H3/t16-/m0/s1. The van der Waals surface area contributed by atoms with Crippen LogP contribution in [0, 0.1) is 0 Å². The van der Waals surface area contributed by atoms with Crippen LogP contribution in [0.2, 0.25) is 0 Å². The monoisotopic (exact) mass is 248 g/mol. The van der Waals surface area contributed by atoms with Crippen molar-refractivity contribution in [3.8, 4) is 0 Å². The summed E-state index contributed by atoms with van der Waals surface area (Å²) in [6.07, 6.45) is 4.87. The molecule has 102 valence electrons. The average Bonchev–Trinajstić information content (AvgIpc) is 2.41. The van der Waals surface area contributed by atoms with Crippen LogP contribution in [0.4, 0.5) is 5.69 Å². The minimum Gasteiger partial charge on any atom is -0.372 e. The Balaban J connectivity index is 2.58. The summed E-state index contributed by atoms with van der Waals surface area (Å²) in [5.41, 5.74) is 8.77. The summed E-state index contributed by atoms with van der Waals surface area (Å²) in [6, 6.07) is 8.96. The highest BCUT2D eigenvalue weighted by molar-refractivity contribution is 5.47. The molecule has 0 heterocycles. The van der Waals surface area contributed by atoms with Crippen molar-refractivity contribution in [2.75, 3.05) is 18.0 Å². The molecule has 0 saturated heterocycles. The lowest BCUT2D eigenvalue weighted by molar-refractivity contribution is 0.581. The molecule has 0 radical (unpaired) electrons. The summed E-state index contributed by atoms with van der Waals surface area (Å²) < 4.78 is 0. The van der Waals surface area contributed by atoms with Gasteiger partial charge in [-0.25, -0.2) is 0 Å². The van der Waals surface area contributed by atoms with Crippen LogP contribution < -0.4 is 10.6 Å². The van der Waals surface area contributed by atoms with E-state index in [4.69, 9.17) is 5.73 Å². The molecule has 2 nitrogen and oxygen atoms in total. The fourth-order valence-electron chi connectivity index (χ4n) is 2.30. The van der Waals surface area contributed by atoms with Crippen LogP contribution in [0.1, 0.15) is 58.1 Å². The number of unbranched alkanes of at least 4 members (excludes halogenated alkanes) is 2. The predicted octanol–water partition coefficient (Wildman–Crippen LogP) is 4.11. The topological polar surface area (TPSA) is 29.3 Å². The first kappa shape index (κ1) is 15.0. The van der Waals surface area contributed by atoms with Crippen molar-refractivity contribution in [1.82, 2.24) is 0 Å². The second kappa shape index (κ2) is 8.15. The van der Waals surface area contributed by atoms with E-state index in [9.17, 15) is 0 Å². The molecule has 2 N–H and O–H groups in total. The van der Waals surface area contributed by atoms with E-state index in [1.807, 2.05) is 0 Å². The molecule has 0 fully saturated rings. The lowest BCUT2D eigenvalue weighted by Gasteiger charge is -2.21. The Labute approximate surface area is 112 Å². The molecule has 0 spiro atoms. The number of hydrogen-bond donors (Lipinski definition) is 1. The van der Waals surface area contributed by atoms with Gasteiger partial charge >= 0.3 is 0 Å². The minimum absolute atomic E-state index is 0.197. The molecule has 0 saturated carbocycles. The van der Waals surface area contributed by atoms with E-state index >= 15 is 0 Å². The van der Waals surface area contributed by atoms with Gasteiger partial charge in [-0.1, -0.05) is 38.3 Å². The van der Waals surface area contributed by atoms with Gasteiger partial charge < -0.3 is 10.6 Å². The van der Waals surface area contributed by atoms with Crippen molar-refractivity contribution in [2.45, 2.75) is 52.5 Å². The molecule has 1 rings (SSSR count). The molecule has 0 aliphatic carbocycles. The zero-order chi connectivity index (χ0) is 13.4. The second-order valence-electron chi connectivity index (χ2n) is 4.87. The summed E-state index contributed by atoms with van der Waals surface area (Å²) in [6.45, 7) is 8.71. The fourth-order valence-corrected chi connectivity index (χ4v) is 2.30. The third-order valence-corrected chi connectivity index (χ3v) is 3.57. The molecule has 0 aliphatic heterocycles. The van der Waals surface area contributed by atoms with E-state index in [0.29, 0.717) is 0 Å². The Morgan fingerprint density at radius 3 is 2.11 bits per heavy atom. The van der Waals surface area contributed by atoms with Gasteiger partial charge in [-0.15, -0.1) is 0 Å². The van der Waals surface area contributed by atoms with E-state index in [1.165, 1.54) is 30.5 Å². The largest absolute Gasteiger partial charge is 0.372 e. The van der Waals surface area contributed by atoms with Crippen LogP contribution >= 0.6 is 0 Å². The SMILES string of the molecule is CCCCC[C@H](N)c1ccc(N(CC)CC)cc1. The Hall–Kier alpha value is -1.02. The van der Waals surface area contributed by atoms with Crippen molar-refractivity contribution >= 4 is 5.69 Å². The minimum atomic E-state index is 0.197. The molecular weight excluding hydrogens is 220 g/mol. The maximum Gasteiger partial charge on any atom is 0.0366 e. The highest BCUT2D eigenvalue weighted by Gasteiger charge is 2.07. The Bertz CT molecular complexity index is 314. The maximum absolute atomic E-state index is 6.21. The third kappa shape index (κ3) is 4.34. The Morgan fingerprint density at radius 1 is 1.00 bits per heavy atom. The quantitative estimate of drug-likeness (QED) is 0.701. The number of rotatable bonds is 8. The molecular formula is C16H28N2. The molecule has 18 heavy (non-hydrogen) atoms. The van der Waals surface area contributed by atoms with Gasteiger partial charge in [0.1, 0.15) is 0 Å². The first-order valence-corrected chi connectivity index (χ1v) is 7.33. The summed E-state index contributed by atoms with van der Waals surface area (Å²) >= 11 is 0. The van der Waals surface area contributed by atoms with Gasteiger partial charge in [0.15, 0.2) is 0 Å². The Kier molecular flexibility index (Phi) is 6.81. The second-order valence-corrected chi connectivity index (χ2v) is 4.87. The smallest absolute Gasteiger partial charge is 0.0366 e. The fraction of sp³-hybridized carbons (Fsp3) is 0.625. The normalized spacial score (nSPS) is 12.4. The van der Waals surface area contributed by atoms with Crippen LogP contribution in [0.3, 0.4) is 0 Å². The zero-order valence-corrected chi connectivity index (χ0v) is 12.2. The molecule has 0 unspecified atom stereocenters. The van der Waals surface area contributed by atoms with Crippen molar-refractivity contribution in [3.05, 3.63) is 29.8 Å². The van der Waals surface area contributed by atoms with Crippen LogP contribution in [0.25, 0.3) is 0 Å². The van der Waals surface area contributed by atoms with E-state index in [1.54, 1.807) is 0 Å². The number of nitrogens with two attached hydrogens (primary N) is 1. The molecule has 1 aromatic carbocycles. The maximum atomic E-state index is 6.21.